The van der Waals surface area contributed by atoms with Gasteiger partial charge in [-0.05, 0) is 60.9 Å². The first kappa shape index (κ1) is 40.5. The third-order valence-corrected chi connectivity index (χ3v) is 10.1. The second kappa shape index (κ2) is 19.6. The van der Waals surface area contributed by atoms with Crippen molar-refractivity contribution in [2.24, 2.45) is 5.92 Å². The van der Waals surface area contributed by atoms with Crippen LogP contribution in [0.5, 0.6) is 0 Å². The normalized spacial score (nSPS) is 15.3. The van der Waals surface area contributed by atoms with E-state index in [0.717, 1.165) is 42.1 Å². The van der Waals surface area contributed by atoms with Gasteiger partial charge in [0.05, 0.1) is 12.0 Å². The van der Waals surface area contributed by atoms with Gasteiger partial charge in [0.1, 0.15) is 18.1 Å². The average molecular weight is 751 g/mol. The second-order valence-corrected chi connectivity index (χ2v) is 14.7. The lowest BCUT2D eigenvalue weighted by atomic mass is 9.99. The smallest absolute Gasteiger partial charge is 0.318 e. The number of hydrogen-bond acceptors (Lipinski definition) is 7. The Kier molecular flexibility index (Phi) is 14.4. The highest BCUT2D eigenvalue weighted by atomic mass is 16.4. The van der Waals surface area contributed by atoms with Crippen LogP contribution in [-0.4, -0.2) is 93.8 Å². The first-order valence-electron chi connectivity index (χ1n) is 19.1. The van der Waals surface area contributed by atoms with E-state index in [2.05, 4.69) is 25.9 Å². The number of likely N-dealkylation sites (N-methyl/N-ethyl adjacent to an activating group) is 1. The summed E-state index contributed by atoms with van der Waals surface area (Å²) in [5.74, 6) is -3.24. The minimum absolute atomic E-state index is 0.0278. The molecule has 0 spiro atoms. The highest BCUT2D eigenvalue weighted by Crippen LogP contribution is 2.22. The van der Waals surface area contributed by atoms with E-state index in [1.165, 1.54) is 11.9 Å². The molecule has 4 aromatic rings. The van der Waals surface area contributed by atoms with Crippen molar-refractivity contribution in [3.8, 4) is 0 Å². The van der Waals surface area contributed by atoms with Gasteiger partial charge < -0.3 is 40.6 Å². The number of hydrogen-bond donors (Lipinski definition) is 4. The Morgan fingerprint density at radius 1 is 0.782 bits per heavy atom. The number of amides is 5. The molecule has 0 bridgehead atoms. The van der Waals surface area contributed by atoms with E-state index in [4.69, 9.17) is 0 Å². The van der Waals surface area contributed by atoms with Crippen LogP contribution in [0, 0.1) is 5.92 Å². The van der Waals surface area contributed by atoms with Gasteiger partial charge in [0.2, 0.25) is 17.7 Å². The Bertz CT molecular complexity index is 1890. The fourth-order valence-electron chi connectivity index (χ4n) is 7.04. The number of aromatic amines is 1. The molecule has 4 atom stereocenters. The van der Waals surface area contributed by atoms with Crippen molar-refractivity contribution < 1.29 is 29.1 Å². The molecule has 4 N–H and O–H groups in total. The van der Waals surface area contributed by atoms with Crippen LogP contribution in [0.2, 0.25) is 0 Å². The van der Waals surface area contributed by atoms with Crippen molar-refractivity contribution in [1.82, 2.24) is 35.7 Å². The Morgan fingerprint density at radius 2 is 1.45 bits per heavy atom. The quantitative estimate of drug-likeness (QED) is 0.136. The van der Waals surface area contributed by atoms with Crippen molar-refractivity contribution >= 4 is 40.6 Å². The number of fused-ring (bicyclic) bond motifs is 1. The molecule has 2 aromatic carbocycles. The van der Waals surface area contributed by atoms with Crippen molar-refractivity contribution in [2.75, 3.05) is 20.1 Å². The van der Waals surface area contributed by atoms with Crippen molar-refractivity contribution in [1.29, 1.82) is 0 Å². The third-order valence-electron chi connectivity index (χ3n) is 10.1. The number of H-pyrrole nitrogens is 1. The molecule has 1 fully saturated rings. The fraction of sp³-hybridized carbons (Fsp3) is 0.429. The SMILES string of the molecule is CC(C)C[C@@H](NC(=O)N1CCCCCC1)C(=O)N(C)[C@@H](Cc1c[nH]c2ccccc12)C(=O)N[C@H](Cc1ccccn1)C(=O)N[C@@H](Cc1ccccc1)C(=O)[O-]. The summed E-state index contributed by atoms with van der Waals surface area (Å²) in [7, 11) is 1.53. The molecule has 2 aromatic heterocycles. The predicted octanol–water partition coefficient (Wildman–Crippen LogP) is 3.14. The lowest BCUT2D eigenvalue weighted by Gasteiger charge is -2.33. The van der Waals surface area contributed by atoms with Crippen LogP contribution in [0.25, 0.3) is 10.9 Å². The topological polar surface area (TPSA) is 180 Å². The molecule has 13 nitrogen and oxygen atoms in total. The van der Waals surface area contributed by atoms with E-state index in [-0.39, 0.29) is 31.2 Å². The highest BCUT2D eigenvalue weighted by Gasteiger charge is 2.36. The molecule has 13 heteroatoms. The molecular weight excluding hydrogens is 699 g/mol. The van der Waals surface area contributed by atoms with E-state index < -0.39 is 47.9 Å². The monoisotopic (exact) mass is 750 g/mol. The summed E-state index contributed by atoms with van der Waals surface area (Å²) in [5, 5.41) is 21.5. The van der Waals surface area contributed by atoms with E-state index in [0.29, 0.717) is 30.8 Å². The van der Waals surface area contributed by atoms with Gasteiger partial charge in [-0.15, -0.1) is 0 Å². The number of aromatic nitrogens is 2. The fourth-order valence-corrected chi connectivity index (χ4v) is 7.04. The Morgan fingerprint density at radius 3 is 2.13 bits per heavy atom. The standard InChI is InChI=1S/C42H53N7O6/c1-28(2)23-35(47-42(55)49-21-13-4-5-14-22-49)40(52)48(3)37(25-30-27-44-33-19-10-9-18-32(30)33)39(51)45-34(26-31-17-11-12-20-43-31)38(50)46-36(41(53)54)24-29-15-7-6-8-16-29/h6-12,15-20,27-28,34-37,44H,4-5,13-14,21-26H2,1-3H3,(H,45,51)(H,46,50)(H,47,55)(H,53,54)/p-1/t34-,35-,36+,37+/m1/s1. The summed E-state index contributed by atoms with van der Waals surface area (Å²) in [5.41, 5.74) is 2.80. The van der Waals surface area contributed by atoms with Crippen molar-refractivity contribution in [3.05, 3.63) is 102 Å². The zero-order valence-electron chi connectivity index (χ0n) is 31.8. The summed E-state index contributed by atoms with van der Waals surface area (Å²) in [6.07, 6.45) is 7.59. The molecule has 5 rings (SSSR count). The molecule has 0 aliphatic carbocycles. The zero-order valence-corrected chi connectivity index (χ0v) is 31.8. The first-order valence-corrected chi connectivity index (χ1v) is 19.1. The Balaban J connectivity index is 1.44. The van der Waals surface area contributed by atoms with Crippen LogP contribution in [0.3, 0.4) is 0 Å². The molecule has 0 unspecified atom stereocenters. The number of carboxylic acids is 1. The van der Waals surface area contributed by atoms with Gasteiger partial charge in [-0.1, -0.05) is 81.3 Å². The minimum atomic E-state index is -1.47. The molecule has 5 amide bonds. The average Bonchev–Trinajstić information content (AvgIpc) is 3.38. The molecule has 55 heavy (non-hydrogen) atoms. The molecule has 1 saturated heterocycles. The van der Waals surface area contributed by atoms with Gasteiger partial charge in [0, 0.05) is 62.0 Å². The molecule has 292 valence electrons. The lowest BCUT2D eigenvalue weighted by Crippen LogP contribution is -2.60. The van der Waals surface area contributed by atoms with E-state index >= 15 is 0 Å². The van der Waals surface area contributed by atoms with Crippen LogP contribution in [0.15, 0.2) is 85.2 Å². The number of pyridine rings is 1. The summed E-state index contributed by atoms with van der Waals surface area (Å²) in [6, 6.07) is 16.6. The van der Waals surface area contributed by atoms with E-state index in [1.807, 2.05) is 38.1 Å². The number of urea groups is 1. The second-order valence-electron chi connectivity index (χ2n) is 14.7. The number of rotatable bonds is 16. The molecule has 0 radical (unpaired) electrons. The van der Waals surface area contributed by atoms with Crippen molar-refractivity contribution in [2.45, 2.75) is 89.4 Å². The number of nitrogens with one attached hydrogen (secondary N) is 4. The highest BCUT2D eigenvalue weighted by molar-refractivity contribution is 5.95. The summed E-state index contributed by atoms with van der Waals surface area (Å²) < 4.78 is 0. The maximum absolute atomic E-state index is 14.6. The van der Waals surface area contributed by atoms with Crippen LogP contribution in [0.1, 0.15) is 62.8 Å². The van der Waals surface area contributed by atoms with Crippen molar-refractivity contribution in [3.63, 3.8) is 0 Å². The summed E-state index contributed by atoms with van der Waals surface area (Å²) >= 11 is 0. The predicted molar refractivity (Wildman–Crippen MR) is 207 cm³/mol. The number of nitrogens with zero attached hydrogens (tertiary/aromatic N) is 3. The van der Waals surface area contributed by atoms with Crippen LogP contribution in [0.4, 0.5) is 4.79 Å². The molecular formula is C42H52N7O6-. The number of carbonyl (C=O) groups excluding carboxylic acids is 5. The third kappa shape index (κ3) is 11.4. The lowest BCUT2D eigenvalue weighted by molar-refractivity contribution is -0.308. The Labute approximate surface area is 322 Å². The van der Waals surface area contributed by atoms with E-state index in [9.17, 15) is 29.1 Å². The summed E-state index contributed by atoms with van der Waals surface area (Å²) in [4.78, 5) is 79.4. The van der Waals surface area contributed by atoms with Crippen LogP contribution in [-0.2, 0) is 38.4 Å². The maximum Gasteiger partial charge on any atom is 0.318 e. The molecule has 0 saturated carbocycles. The van der Waals surface area contributed by atoms with Gasteiger partial charge in [-0.3, -0.25) is 19.4 Å². The first-order chi connectivity index (χ1) is 26.5. The molecule has 1 aliphatic rings. The number of aliphatic carboxylic acids is 1. The van der Waals surface area contributed by atoms with Gasteiger partial charge in [0.25, 0.3) is 0 Å². The number of para-hydroxylation sites is 1. The van der Waals surface area contributed by atoms with Gasteiger partial charge >= 0.3 is 6.03 Å². The van der Waals surface area contributed by atoms with E-state index in [1.54, 1.807) is 65.8 Å². The van der Waals surface area contributed by atoms with Gasteiger partial charge in [0.15, 0.2) is 0 Å². The molecule has 1 aliphatic heterocycles. The van der Waals surface area contributed by atoms with Gasteiger partial charge in [-0.25, -0.2) is 4.79 Å². The largest absolute Gasteiger partial charge is 0.548 e. The molecule has 3 heterocycles. The number of carbonyl (C=O) groups is 5. The Hall–Kier alpha value is -5.72. The van der Waals surface area contributed by atoms with Gasteiger partial charge in [-0.2, -0.15) is 0 Å². The van der Waals surface area contributed by atoms with Crippen LogP contribution >= 0.6 is 0 Å². The number of benzene rings is 2. The number of likely N-dealkylation sites (tertiary alicyclic amines) is 1. The summed E-state index contributed by atoms with van der Waals surface area (Å²) in [6.45, 7) is 5.15. The zero-order chi connectivity index (χ0) is 39.3. The van der Waals surface area contributed by atoms with Crippen LogP contribution < -0.4 is 21.1 Å². The minimum Gasteiger partial charge on any atom is -0.548 e. The number of carboxylic acid groups (broad SMARTS) is 1. The maximum atomic E-state index is 14.6.